The fourth-order valence-electron chi connectivity index (χ4n) is 2.72. The van der Waals surface area contributed by atoms with Crippen LogP contribution in [-0.2, 0) is 0 Å². The van der Waals surface area contributed by atoms with Gasteiger partial charge in [-0.3, -0.25) is 5.32 Å². The van der Waals surface area contributed by atoms with Crippen molar-refractivity contribution in [2.24, 2.45) is 0 Å². The minimum atomic E-state index is -0.348. The summed E-state index contributed by atoms with van der Waals surface area (Å²) in [6.07, 6.45) is 1.79. The van der Waals surface area contributed by atoms with Gasteiger partial charge in [0.2, 0.25) is 0 Å². The molecule has 0 spiro atoms. The number of carbonyl (C=O) groups is 1. The molecule has 0 aliphatic rings. The molecule has 3 rings (SSSR count). The lowest BCUT2D eigenvalue weighted by Crippen LogP contribution is -2.31. The van der Waals surface area contributed by atoms with E-state index in [4.69, 9.17) is 9.47 Å². The van der Waals surface area contributed by atoms with E-state index in [1.165, 1.54) is 0 Å². The highest BCUT2D eigenvalue weighted by Gasteiger charge is 2.15. The second kappa shape index (κ2) is 8.27. The molecule has 1 atom stereocenters. The zero-order valence-electron chi connectivity index (χ0n) is 15.5. The van der Waals surface area contributed by atoms with Crippen LogP contribution in [0.25, 0.3) is 5.69 Å². The lowest BCUT2D eigenvalue weighted by Gasteiger charge is -2.18. The number of amides is 2. The van der Waals surface area contributed by atoms with E-state index in [2.05, 4.69) is 15.7 Å². The number of urea groups is 1. The zero-order chi connectivity index (χ0) is 19.2. The van der Waals surface area contributed by atoms with E-state index in [0.717, 1.165) is 11.3 Å². The van der Waals surface area contributed by atoms with Crippen LogP contribution >= 0.6 is 0 Å². The van der Waals surface area contributed by atoms with E-state index in [9.17, 15) is 4.79 Å². The Labute approximate surface area is 157 Å². The highest BCUT2D eigenvalue weighted by molar-refractivity contribution is 5.88. The summed E-state index contributed by atoms with van der Waals surface area (Å²) >= 11 is 0. The van der Waals surface area contributed by atoms with Crippen molar-refractivity contribution < 1.29 is 14.3 Å². The van der Waals surface area contributed by atoms with Crippen LogP contribution in [0.4, 0.5) is 10.6 Å². The monoisotopic (exact) mass is 366 g/mol. The molecule has 0 radical (unpaired) electrons. The fourth-order valence-corrected chi connectivity index (χ4v) is 2.72. The molecule has 3 aromatic rings. The highest BCUT2D eigenvalue weighted by Crippen LogP contribution is 2.29. The number of benzene rings is 2. The van der Waals surface area contributed by atoms with Crippen molar-refractivity contribution in [3.63, 3.8) is 0 Å². The van der Waals surface area contributed by atoms with Crippen LogP contribution in [0.3, 0.4) is 0 Å². The number of anilines is 1. The Hall–Kier alpha value is -3.48. The summed E-state index contributed by atoms with van der Waals surface area (Å²) < 4.78 is 12.3. The largest absolute Gasteiger partial charge is 0.497 e. The first-order valence-corrected chi connectivity index (χ1v) is 8.51. The van der Waals surface area contributed by atoms with Crippen LogP contribution < -0.4 is 20.1 Å². The van der Waals surface area contributed by atoms with Gasteiger partial charge in [-0.15, -0.1) is 5.10 Å². The van der Waals surface area contributed by atoms with E-state index < -0.39 is 0 Å². The lowest BCUT2D eigenvalue weighted by atomic mass is 10.1. The molecule has 1 unspecified atom stereocenters. The number of ether oxygens (including phenoxy) is 2. The number of rotatable bonds is 6. The standard InChI is InChI=1S/C20H22N4O3/c1-14(17-10-9-16(26-2)13-18(17)27-3)21-20(25)22-19-11-12-24(23-19)15-7-5-4-6-8-15/h4-14H,1-3H3,(H2,21,22,23,25). The Morgan fingerprint density at radius 3 is 2.56 bits per heavy atom. The third kappa shape index (κ3) is 4.38. The predicted octanol–water partition coefficient (Wildman–Crippen LogP) is 3.77. The number of hydrogen-bond donors (Lipinski definition) is 2. The second-order valence-electron chi connectivity index (χ2n) is 5.91. The van der Waals surface area contributed by atoms with Crippen LogP contribution in [0.15, 0.2) is 60.8 Å². The van der Waals surface area contributed by atoms with Crippen molar-refractivity contribution in [1.82, 2.24) is 15.1 Å². The number of carbonyl (C=O) groups excluding carboxylic acids is 1. The van der Waals surface area contributed by atoms with E-state index >= 15 is 0 Å². The van der Waals surface area contributed by atoms with Crippen LogP contribution in [0.1, 0.15) is 18.5 Å². The first-order chi connectivity index (χ1) is 13.1. The normalized spacial score (nSPS) is 11.5. The Morgan fingerprint density at radius 1 is 1.07 bits per heavy atom. The Bertz CT molecular complexity index is 909. The summed E-state index contributed by atoms with van der Waals surface area (Å²) in [6, 6.07) is 16.3. The summed E-state index contributed by atoms with van der Waals surface area (Å²) in [5, 5.41) is 9.99. The zero-order valence-corrected chi connectivity index (χ0v) is 15.5. The fraction of sp³-hybridized carbons (Fsp3) is 0.200. The average Bonchev–Trinajstić information content (AvgIpc) is 3.16. The third-order valence-electron chi connectivity index (χ3n) is 4.11. The number of methoxy groups -OCH3 is 2. The van der Waals surface area contributed by atoms with Gasteiger partial charge in [0, 0.05) is 23.9 Å². The molecule has 2 N–H and O–H groups in total. The summed E-state index contributed by atoms with van der Waals surface area (Å²) in [7, 11) is 3.18. The SMILES string of the molecule is COc1ccc(C(C)NC(=O)Nc2ccn(-c3ccccc3)n2)c(OC)c1. The highest BCUT2D eigenvalue weighted by atomic mass is 16.5. The van der Waals surface area contributed by atoms with Crippen molar-refractivity contribution >= 4 is 11.8 Å². The molecule has 0 aliphatic carbocycles. The summed E-state index contributed by atoms with van der Waals surface area (Å²) in [5.74, 6) is 1.81. The number of para-hydroxylation sites is 1. The van der Waals surface area contributed by atoms with Gasteiger partial charge < -0.3 is 14.8 Å². The van der Waals surface area contributed by atoms with Gasteiger partial charge in [0.25, 0.3) is 0 Å². The molecule has 7 heteroatoms. The molecule has 2 aromatic carbocycles. The van der Waals surface area contributed by atoms with E-state index in [-0.39, 0.29) is 12.1 Å². The van der Waals surface area contributed by atoms with Gasteiger partial charge in [0.1, 0.15) is 11.5 Å². The molecule has 0 saturated carbocycles. The first kappa shape index (κ1) is 18.3. The van der Waals surface area contributed by atoms with Gasteiger partial charge in [0.15, 0.2) is 5.82 Å². The molecular formula is C20H22N4O3. The van der Waals surface area contributed by atoms with Crippen LogP contribution in [-0.4, -0.2) is 30.0 Å². The number of hydrogen-bond acceptors (Lipinski definition) is 4. The van der Waals surface area contributed by atoms with Gasteiger partial charge >= 0.3 is 6.03 Å². The Kier molecular flexibility index (Phi) is 5.61. The molecule has 1 heterocycles. The molecule has 0 aliphatic heterocycles. The molecular weight excluding hydrogens is 344 g/mol. The van der Waals surface area contributed by atoms with Crippen molar-refractivity contribution in [2.75, 3.05) is 19.5 Å². The van der Waals surface area contributed by atoms with Gasteiger partial charge in [-0.2, -0.15) is 0 Å². The summed E-state index contributed by atoms with van der Waals surface area (Å²) in [4.78, 5) is 12.3. The van der Waals surface area contributed by atoms with Crippen molar-refractivity contribution in [1.29, 1.82) is 0 Å². The van der Waals surface area contributed by atoms with Crippen molar-refractivity contribution in [2.45, 2.75) is 13.0 Å². The second-order valence-corrected chi connectivity index (χ2v) is 5.91. The predicted molar refractivity (Wildman–Crippen MR) is 104 cm³/mol. The van der Waals surface area contributed by atoms with E-state index in [1.54, 1.807) is 37.2 Å². The van der Waals surface area contributed by atoms with Crippen LogP contribution in [0.2, 0.25) is 0 Å². The maximum atomic E-state index is 12.3. The van der Waals surface area contributed by atoms with E-state index in [0.29, 0.717) is 17.3 Å². The lowest BCUT2D eigenvalue weighted by molar-refractivity contribution is 0.249. The molecule has 0 fully saturated rings. The summed E-state index contributed by atoms with van der Waals surface area (Å²) in [6.45, 7) is 1.88. The maximum Gasteiger partial charge on any atom is 0.320 e. The Balaban J connectivity index is 1.65. The van der Waals surface area contributed by atoms with Crippen LogP contribution in [0, 0.1) is 0 Å². The van der Waals surface area contributed by atoms with Gasteiger partial charge in [-0.25, -0.2) is 9.48 Å². The molecule has 2 amide bonds. The van der Waals surface area contributed by atoms with Crippen molar-refractivity contribution in [3.05, 3.63) is 66.4 Å². The van der Waals surface area contributed by atoms with Crippen LogP contribution in [0.5, 0.6) is 11.5 Å². The van der Waals surface area contributed by atoms with Crippen molar-refractivity contribution in [3.8, 4) is 17.2 Å². The molecule has 0 saturated heterocycles. The quantitative estimate of drug-likeness (QED) is 0.696. The number of nitrogens with one attached hydrogen (secondary N) is 2. The van der Waals surface area contributed by atoms with Gasteiger partial charge in [-0.05, 0) is 31.2 Å². The average molecular weight is 366 g/mol. The number of aromatic nitrogens is 2. The minimum Gasteiger partial charge on any atom is -0.497 e. The molecule has 27 heavy (non-hydrogen) atoms. The topological polar surface area (TPSA) is 77.4 Å². The maximum absolute atomic E-state index is 12.3. The first-order valence-electron chi connectivity index (χ1n) is 8.51. The summed E-state index contributed by atoms with van der Waals surface area (Å²) in [5.41, 5.74) is 1.77. The van der Waals surface area contributed by atoms with Gasteiger partial charge in [0.05, 0.1) is 25.9 Å². The smallest absolute Gasteiger partial charge is 0.320 e. The van der Waals surface area contributed by atoms with Gasteiger partial charge in [-0.1, -0.05) is 18.2 Å². The molecule has 1 aromatic heterocycles. The molecule has 7 nitrogen and oxygen atoms in total. The molecule has 0 bridgehead atoms. The molecule has 140 valence electrons. The van der Waals surface area contributed by atoms with E-state index in [1.807, 2.05) is 49.4 Å². The minimum absolute atomic E-state index is 0.262. The number of nitrogens with zero attached hydrogens (tertiary/aromatic N) is 2. The third-order valence-corrected chi connectivity index (χ3v) is 4.11. The Morgan fingerprint density at radius 2 is 1.85 bits per heavy atom.